The molecule has 2 rings (SSSR count). The van der Waals surface area contributed by atoms with Crippen molar-refractivity contribution in [2.24, 2.45) is 0 Å². The molecule has 0 amide bonds. The van der Waals surface area contributed by atoms with E-state index in [4.69, 9.17) is 9.88 Å². The zero-order chi connectivity index (χ0) is 13.9. The molecular formula is C11H11N4NaO3S. The van der Waals surface area contributed by atoms with Gasteiger partial charge >= 0.3 is 29.6 Å². The van der Waals surface area contributed by atoms with Gasteiger partial charge in [-0.15, -0.1) is 0 Å². The van der Waals surface area contributed by atoms with E-state index < -0.39 is 10.0 Å². The Morgan fingerprint density at radius 3 is 2.30 bits per heavy atom. The Morgan fingerprint density at radius 1 is 1.15 bits per heavy atom. The Labute approximate surface area is 138 Å². The number of rotatable bonds is 4. The Bertz CT molecular complexity index is 676. The Hall–Kier alpha value is -1.19. The molecular weight excluding hydrogens is 291 g/mol. The van der Waals surface area contributed by atoms with Gasteiger partial charge in [0.05, 0.1) is 17.1 Å². The van der Waals surface area contributed by atoms with Crippen LogP contribution >= 0.6 is 0 Å². The van der Waals surface area contributed by atoms with Crippen molar-refractivity contribution in [1.29, 1.82) is 0 Å². The standard InChI is InChI=1S/C11H11N4O3S.Na/c1-18-11-10(13-6-7-14-11)15-8-2-4-9(5-3-8)19(12,16)17;/h2-7H,1H3,(H2-,12,13,15,16,17);/q-1;+1. The largest absolute Gasteiger partial charge is 1.00 e. The average Bonchev–Trinajstić information content (AvgIpc) is 2.39. The summed E-state index contributed by atoms with van der Waals surface area (Å²) in [7, 11) is -2.46. The summed E-state index contributed by atoms with van der Waals surface area (Å²) >= 11 is 0. The van der Waals surface area contributed by atoms with Crippen LogP contribution in [0.1, 0.15) is 0 Å². The summed E-state index contributed by atoms with van der Waals surface area (Å²) in [6.07, 6.45) is 3.01. The normalized spacial score (nSPS) is 10.5. The molecule has 0 saturated heterocycles. The van der Waals surface area contributed by atoms with Crippen molar-refractivity contribution < 1.29 is 42.7 Å². The van der Waals surface area contributed by atoms with E-state index in [0.717, 1.165) is 0 Å². The van der Waals surface area contributed by atoms with Crippen molar-refractivity contribution in [3.05, 3.63) is 41.8 Å². The molecule has 1 heterocycles. The summed E-state index contributed by atoms with van der Waals surface area (Å²) in [4.78, 5) is 7.97. The zero-order valence-electron chi connectivity index (χ0n) is 11.0. The quantitative estimate of drug-likeness (QED) is 0.724. The van der Waals surface area contributed by atoms with Crippen LogP contribution in [-0.2, 0) is 10.0 Å². The summed E-state index contributed by atoms with van der Waals surface area (Å²) in [6, 6.07) is 5.76. The fraction of sp³-hybridized carbons (Fsp3) is 0.0909. The number of hydrogen-bond acceptors (Lipinski definition) is 6. The van der Waals surface area contributed by atoms with Crippen LogP contribution in [0.3, 0.4) is 0 Å². The monoisotopic (exact) mass is 302 g/mol. The van der Waals surface area contributed by atoms with Crippen LogP contribution in [0.5, 0.6) is 5.88 Å². The fourth-order valence-electron chi connectivity index (χ4n) is 1.41. The molecule has 1 aromatic heterocycles. The van der Waals surface area contributed by atoms with E-state index in [0.29, 0.717) is 17.4 Å². The number of sulfonamides is 1. The van der Waals surface area contributed by atoms with Gasteiger partial charge in [0, 0.05) is 23.0 Å². The average molecular weight is 302 g/mol. The van der Waals surface area contributed by atoms with Gasteiger partial charge in [0.2, 0.25) is 0 Å². The molecule has 20 heavy (non-hydrogen) atoms. The molecule has 0 unspecified atom stereocenters. The van der Waals surface area contributed by atoms with Crippen LogP contribution in [0, 0.1) is 0 Å². The molecule has 2 aromatic rings. The molecule has 0 aliphatic heterocycles. The molecule has 2 N–H and O–H groups in total. The molecule has 0 aliphatic rings. The van der Waals surface area contributed by atoms with Crippen molar-refractivity contribution in [2.75, 3.05) is 12.4 Å². The van der Waals surface area contributed by atoms with Gasteiger partial charge in [0.25, 0.3) is 5.88 Å². The van der Waals surface area contributed by atoms with Crippen LogP contribution in [0.4, 0.5) is 11.5 Å². The van der Waals surface area contributed by atoms with Crippen molar-refractivity contribution in [1.82, 2.24) is 9.97 Å². The molecule has 0 fully saturated rings. The Morgan fingerprint density at radius 2 is 1.75 bits per heavy atom. The first-order valence-corrected chi connectivity index (χ1v) is 6.71. The molecule has 100 valence electrons. The summed E-state index contributed by atoms with van der Waals surface area (Å²) in [5, 5.41) is 9.89. The summed E-state index contributed by atoms with van der Waals surface area (Å²) in [5.74, 6) is 0.756. The number of aromatic nitrogens is 2. The minimum atomic E-state index is -3.94. The predicted octanol–water partition coefficient (Wildman–Crippen LogP) is -1.03. The van der Waals surface area contributed by atoms with Crippen LogP contribution in [0.15, 0.2) is 41.6 Å². The van der Waals surface area contributed by atoms with Gasteiger partial charge in [0.15, 0.2) is 5.82 Å². The molecule has 0 spiro atoms. The number of methoxy groups -OCH3 is 1. The second kappa shape index (κ2) is 7.00. The van der Waals surface area contributed by atoms with E-state index in [1.165, 1.54) is 43.8 Å². The van der Waals surface area contributed by atoms with Crippen LogP contribution < -0.4 is 39.6 Å². The first-order chi connectivity index (χ1) is 9.00. The van der Waals surface area contributed by atoms with Gasteiger partial charge in [-0.1, -0.05) is 0 Å². The fourth-order valence-corrected chi connectivity index (χ4v) is 1.91. The van der Waals surface area contributed by atoms with Gasteiger partial charge in [0.1, 0.15) is 0 Å². The maximum atomic E-state index is 11.0. The second-order valence-corrected chi connectivity index (χ2v) is 5.05. The van der Waals surface area contributed by atoms with Crippen LogP contribution in [-0.4, -0.2) is 25.5 Å². The van der Waals surface area contributed by atoms with Gasteiger partial charge < -0.3 is 15.2 Å². The maximum Gasteiger partial charge on any atom is 1.00 e. The number of anilines is 2. The molecule has 7 nitrogen and oxygen atoms in total. The SMILES string of the molecule is COc1nccnc1Nc1ccc(S([NH-])(=O)=O)cc1.[Na+]. The Kier molecular flexibility index (Phi) is 5.90. The van der Waals surface area contributed by atoms with E-state index in [1.54, 1.807) is 0 Å². The van der Waals surface area contributed by atoms with Crippen LogP contribution in [0.2, 0.25) is 0 Å². The van der Waals surface area contributed by atoms with Gasteiger partial charge in [-0.25, -0.2) is 18.4 Å². The number of benzene rings is 1. The number of ether oxygens (including phenoxy) is 1. The van der Waals surface area contributed by atoms with Crippen molar-refractivity contribution in [3.63, 3.8) is 0 Å². The van der Waals surface area contributed by atoms with Gasteiger partial charge in [-0.2, -0.15) is 0 Å². The number of nitrogens with zero attached hydrogens (tertiary/aromatic N) is 2. The van der Waals surface area contributed by atoms with Crippen molar-refractivity contribution >= 4 is 21.5 Å². The molecule has 0 radical (unpaired) electrons. The summed E-state index contributed by atoms with van der Waals surface area (Å²) < 4.78 is 27.0. The molecule has 0 atom stereocenters. The minimum absolute atomic E-state index is 0. The van der Waals surface area contributed by atoms with Crippen molar-refractivity contribution in [2.45, 2.75) is 4.90 Å². The molecule has 0 bridgehead atoms. The summed E-state index contributed by atoms with van der Waals surface area (Å²) in [6.45, 7) is 0. The number of nitrogens with one attached hydrogen (secondary N) is 2. The Balaban J connectivity index is 0.00000200. The maximum absolute atomic E-state index is 11.0. The van der Waals surface area contributed by atoms with E-state index in [1.807, 2.05) is 0 Å². The third-order valence-electron chi connectivity index (χ3n) is 2.29. The number of hydrogen-bond donors (Lipinski definition) is 1. The van der Waals surface area contributed by atoms with Crippen molar-refractivity contribution in [3.8, 4) is 5.88 Å². The third kappa shape index (κ3) is 4.15. The molecule has 0 aliphatic carbocycles. The molecule has 0 saturated carbocycles. The molecule has 1 aromatic carbocycles. The van der Waals surface area contributed by atoms with Crippen LogP contribution in [0.25, 0.3) is 5.14 Å². The molecule has 9 heteroatoms. The third-order valence-corrected chi connectivity index (χ3v) is 3.18. The minimum Gasteiger partial charge on any atom is -0.560 e. The van der Waals surface area contributed by atoms with E-state index in [2.05, 4.69) is 15.3 Å². The van der Waals surface area contributed by atoms with E-state index >= 15 is 0 Å². The van der Waals surface area contributed by atoms with E-state index in [-0.39, 0.29) is 34.5 Å². The van der Waals surface area contributed by atoms with Gasteiger partial charge in [-0.3, -0.25) is 0 Å². The zero-order valence-corrected chi connectivity index (χ0v) is 13.8. The smallest absolute Gasteiger partial charge is 0.560 e. The topological polar surface area (TPSA) is 105 Å². The predicted molar refractivity (Wildman–Crippen MR) is 69.8 cm³/mol. The first-order valence-electron chi connectivity index (χ1n) is 5.22. The van der Waals surface area contributed by atoms with Gasteiger partial charge in [-0.05, 0) is 24.3 Å². The second-order valence-electron chi connectivity index (χ2n) is 3.57. The van der Waals surface area contributed by atoms with E-state index in [9.17, 15) is 8.42 Å². The first kappa shape index (κ1) is 16.9. The summed E-state index contributed by atoms with van der Waals surface area (Å²) in [5.41, 5.74) is 0.617.